The van der Waals surface area contributed by atoms with E-state index in [2.05, 4.69) is 72.4 Å². The first-order valence-electron chi connectivity index (χ1n) is 7.72. The van der Waals surface area contributed by atoms with Crippen molar-refractivity contribution in [2.75, 3.05) is 16.8 Å². The third-order valence-corrected chi connectivity index (χ3v) is 3.61. The number of rotatable bonds is 6. The van der Waals surface area contributed by atoms with E-state index in [0.717, 1.165) is 11.4 Å². The molecule has 0 bridgehead atoms. The quantitative estimate of drug-likeness (QED) is 0.594. The van der Waals surface area contributed by atoms with Gasteiger partial charge in [0.1, 0.15) is 0 Å². The number of para-hydroxylation sites is 1. The van der Waals surface area contributed by atoms with Gasteiger partial charge in [-0.15, -0.1) is 6.58 Å². The van der Waals surface area contributed by atoms with E-state index in [1.165, 1.54) is 5.69 Å². The van der Waals surface area contributed by atoms with Gasteiger partial charge in [0, 0.05) is 29.6 Å². The average molecular weight is 325 g/mol. The van der Waals surface area contributed by atoms with Crippen LogP contribution in [-0.2, 0) is 0 Å². The molecule has 0 unspecified atom stereocenters. The van der Waals surface area contributed by atoms with Gasteiger partial charge in [0.05, 0.1) is 0 Å². The first-order valence-corrected chi connectivity index (χ1v) is 8.12. The van der Waals surface area contributed by atoms with E-state index in [0.29, 0.717) is 17.7 Å². The van der Waals surface area contributed by atoms with Crippen LogP contribution in [0.15, 0.2) is 67.3 Å². The number of thiocarbonyl (C=S) groups is 1. The second kappa shape index (κ2) is 8.34. The lowest BCUT2D eigenvalue weighted by Gasteiger charge is -2.29. The van der Waals surface area contributed by atoms with Crippen LogP contribution in [-0.4, -0.2) is 17.7 Å². The molecule has 0 aliphatic rings. The van der Waals surface area contributed by atoms with Crippen LogP contribution in [0.5, 0.6) is 0 Å². The Labute approximate surface area is 144 Å². The zero-order chi connectivity index (χ0) is 16.7. The Morgan fingerprint density at radius 3 is 2.26 bits per heavy atom. The van der Waals surface area contributed by atoms with Crippen LogP contribution in [0.4, 0.5) is 17.1 Å². The molecule has 0 atom stereocenters. The number of benzene rings is 2. The van der Waals surface area contributed by atoms with Crippen LogP contribution < -0.4 is 15.5 Å². The minimum atomic E-state index is 0.367. The topological polar surface area (TPSA) is 27.3 Å². The fraction of sp³-hybridized carbons (Fsp3) is 0.211. The van der Waals surface area contributed by atoms with Crippen molar-refractivity contribution in [3.05, 3.63) is 67.3 Å². The standard InChI is InChI=1S/C19H23N3S/c1-4-14-20-19(23)21-16-10-12-18(13-11-16)22(15(2)3)17-8-6-5-7-9-17/h4-13,15H,1,14H2,2-3H3,(H2,20,21,23). The van der Waals surface area contributed by atoms with E-state index < -0.39 is 0 Å². The predicted molar refractivity (Wildman–Crippen MR) is 105 cm³/mol. The van der Waals surface area contributed by atoms with Crippen molar-refractivity contribution in [1.82, 2.24) is 5.32 Å². The summed E-state index contributed by atoms with van der Waals surface area (Å²) in [4.78, 5) is 2.30. The lowest BCUT2D eigenvalue weighted by molar-refractivity contribution is 0.789. The summed E-state index contributed by atoms with van der Waals surface area (Å²) in [5, 5.41) is 6.82. The Kier molecular flexibility index (Phi) is 6.18. The molecule has 0 aliphatic carbocycles. The van der Waals surface area contributed by atoms with Gasteiger partial charge in [-0.1, -0.05) is 24.3 Å². The maximum atomic E-state index is 5.22. The first kappa shape index (κ1) is 17.0. The fourth-order valence-electron chi connectivity index (χ4n) is 2.38. The Morgan fingerprint density at radius 2 is 1.70 bits per heavy atom. The van der Waals surface area contributed by atoms with E-state index in [-0.39, 0.29) is 0 Å². The Balaban J connectivity index is 2.13. The second-order valence-electron chi connectivity index (χ2n) is 5.47. The highest BCUT2D eigenvalue weighted by molar-refractivity contribution is 7.80. The molecular weight excluding hydrogens is 302 g/mol. The molecule has 0 aromatic heterocycles. The van der Waals surface area contributed by atoms with Gasteiger partial charge in [-0.2, -0.15) is 0 Å². The van der Waals surface area contributed by atoms with Crippen molar-refractivity contribution in [3.63, 3.8) is 0 Å². The summed E-state index contributed by atoms with van der Waals surface area (Å²) in [6.07, 6.45) is 1.78. The average Bonchev–Trinajstić information content (AvgIpc) is 2.55. The summed E-state index contributed by atoms with van der Waals surface area (Å²) in [7, 11) is 0. The van der Waals surface area contributed by atoms with Crippen LogP contribution in [0.25, 0.3) is 0 Å². The van der Waals surface area contributed by atoms with Crippen LogP contribution in [0.3, 0.4) is 0 Å². The zero-order valence-corrected chi connectivity index (χ0v) is 14.4. The van der Waals surface area contributed by atoms with Gasteiger partial charge in [-0.25, -0.2) is 0 Å². The van der Waals surface area contributed by atoms with E-state index >= 15 is 0 Å². The summed E-state index contributed by atoms with van der Waals surface area (Å²) in [5.74, 6) is 0. The van der Waals surface area contributed by atoms with Crippen LogP contribution in [0.1, 0.15) is 13.8 Å². The van der Waals surface area contributed by atoms with Gasteiger partial charge in [0.2, 0.25) is 0 Å². The van der Waals surface area contributed by atoms with Crippen LogP contribution in [0.2, 0.25) is 0 Å². The number of hydrogen-bond acceptors (Lipinski definition) is 2. The molecule has 0 aliphatic heterocycles. The van der Waals surface area contributed by atoms with Crippen molar-refractivity contribution < 1.29 is 0 Å². The predicted octanol–water partition coefficient (Wildman–Crippen LogP) is 4.71. The number of anilines is 3. The van der Waals surface area contributed by atoms with E-state index in [1.54, 1.807) is 6.08 Å². The normalized spacial score (nSPS) is 10.2. The summed E-state index contributed by atoms with van der Waals surface area (Å²) in [6, 6.07) is 19.1. The lowest BCUT2D eigenvalue weighted by Crippen LogP contribution is -2.28. The zero-order valence-electron chi connectivity index (χ0n) is 13.6. The van der Waals surface area contributed by atoms with Gasteiger partial charge >= 0.3 is 0 Å². The van der Waals surface area contributed by atoms with Gasteiger partial charge in [0.25, 0.3) is 0 Å². The third-order valence-electron chi connectivity index (χ3n) is 3.36. The van der Waals surface area contributed by atoms with Crippen molar-refractivity contribution in [2.24, 2.45) is 0 Å². The molecule has 0 saturated heterocycles. The molecule has 0 amide bonds. The maximum absolute atomic E-state index is 5.22. The van der Waals surface area contributed by atoms with Gasteiger partial charge < -0.3 is 15.5 Å². The summed E-state index contributed by atoms with van der Waals surface area (Å²) >= 11 is 5.22. The molecule has 4 heteroatoms. The third kappa shape index (κ3) is 4.83. The van der Waals surface area contributed by atoms with Gasteiger partial charge in [-0.05, 0) is 62.5 Å². The molecule has 0 heterocycles. The first-order chi connectivity index (χ1) is 11.1. The second-order valence-corrected chi connectivity index (χ2v) is 5.88. The van der Waals surface area contributed by atoms with E-state index in [9.17, 15) is 0 Å². The fourth-order valence-corrected chi connectivity index (χ4v) is 2.58. The minimum absolute atomic E-state index is 0.367. The van der Waals surface area contributed by atoms with Crippen molar-refractivity contribution in [1.29, 1.82) is 0 Å². The minimum Gasteiger partial charge on any atom is -0.359 e. The Bertz CT molecular complexity index is 635. The monoisotopic (exact) mass is 325 g/mol. The summed E-state index contributed by atoms with van der Waals surface area (Å²) < 4.78 is 0. The molecule has 2 aromatic carbocycles. The molecule has 23 heavy (non-hydrogen) atoms. The maximum Gasteiger partial charge on any atom is 0.171 e. The van der Waals surface area contributed by atoms with E-state index in [1.807, 2.05) is 18.2 Å². The van der Waals surface area contributed by atoms with Gasteiger partial charge in [-0.3, -0.25) is 0 Å². The number of hydrogen-bond donors (Lipinski definition) is 2. The molecule has 0 radical (unpaired) electrons. The highest BCUT2D eigenvalue weighted by atomic mass is 32.1. The number of nitrogens with zero attached hydrogens (tertiary/aromatic N) is 1. The molecule has 0 fully saturated rings. The molecule has 3 nitrogen and oxygen atoms in total. The molecule has 0 spiro atoms. The van der Waals surface area contributed by atoms with E-state index in [4.69, 9.17) is 12.2 Å². The Morgan fingerprint density at radius 1 is 1.09 bits per heavy atom. The molecule has 120 valence electrons. The summed E-state index contributed by atoms with van der Waals surface area (Å²) in [5.41, 5.74) is 3.31. The SMILES string of the molecule is C=CCNC(=S)Nc1ccc(N(c2ccccc2)C(C)C)cc1. The molecule has 2 N–H and O–H groups in total. The van der Waals surface area contributed by atoms with Crippen molar-refractivity contribution in [2.45, 2.75) is 19.9 Å². The molecule has 0 saturated carbocycles. The molecular formula is C19H23N3S. The number of nitrogens with one attached hydrogen (secondary N) is 2. The smallest absolute Gasteiger partial charge is 0.171 e. The van der Waals surface area contributed by atoms with Crippen LogP contribution in [0, 0.1) is 0 Å². The van der Waals surface area contributed by atoms with Crippen LogP contribution >= 0.6 is 12.2 Å². The highest BCUT2D eigenvalue weighted by Gasteiger charge is 2.12. The largest absolute Gasteiger partial charge is 0.359 e. The van der Waals surface area contributed by atoms with Gasteiger partial charge in [0.15, 0.2) is 5.11 Å². The summed E-state index contributed by atoms with van der Waals surface area (Å²) in [6.45, 7) is 8.69. The molecule has 2 rings (SSSR count). The Hall–Kier alpha value is -2.33. The van der Waals surface area contributed by atoms with Crippen molar-refractivity contribution >= 4 is 34.4 Å². The van der Waals surface area contributed by atoms with Crippen molar-refractivity contribution in [3.8, 4) is 0 Å². The lowest BCUT2D eigenvalue weighted by atomic mass is 10.2. The highest BCUT2D eigenvalue weighted by Crippen LogP contribution is 2.28. The molecule has 2 aromatic rings.